The molecule has 0 atom stereocenters. The minimum Gasteiger partial charge on any atom is -0.456 e. The van der Waals surface area contributed by atoms with Crippen LogP contribution in [0.15, 0.2) is 211 Å². The third kappa shape index (κ3) is 4.74. The lowest BCUT2D eigenvalue weighted by Crippen LogP contribution is -2.25. The lowest BCUT2D eigenvalue weighted by Gasteiger charge is -2.30. The first-order chi connectivity index (χ1) is 28.8. The van der Waals surface area contributed by atoms with Crippen molar-refractivity contribution in [1.82, 2.24) is 9.97 Å². The predicted molar refractivity (Wildman–Crippen MR) is 235 cm³/mol. The number of fused-ring (bicyclic) bond motifs is 12. The Morgan fingerprint density at radius 3 is 1.53 bits per heavy atom. The molecule has 0 amide bonds. The summed E-state index contributed by atoms with van der Waals surface area (Å²) in [5.74, 6) is 1.65. The Labute approximate surface area is 336 Å². The van der Waals surface area contributed by atoms with Crippen LogP contribution in [-0.2, 0) is 5.41 Å². The lowest BCUT2D eigenvalue weighted by molar-refractivity contribution is 0.629. The molecule has 2 aliphatic carbocycles. The number of hydrogen-bond acceptors (Lipinski definition) is 3. The van der Waals surface area contributed by atoms with Crippen LogP contribution >= 0.6 is 0 Å². The molecule has 0 saturated carbocycles. The van der Waals surface area contributed by atoms with E-state index in [9.17, 15) is 0 Å². The standard InChI is InChI=1S/C55H34N2O/c1-3-14-35(15-4-1)36-26-32-40(33-27-36)54-56-48(38-16-5-2-6-17-38)34-49(57-54)39-30-28-37(29-31-39)41-21-13-24-47-51(41)53-52(44-20-9-12-25-50(44)58-53)55(47)45-22-10-7-18-42(45)43-19-8-11-23-46(43)55/h1-34H. The van der Waals surface area contributed by atoms with E-state index >= 15 is 0 Å². The summed E-state index contributed by atoms with van der Waals surface area (Å²) in [7, 11) is 0. The van der Waals surface area contributed by atoms with Crippen molar-refractivity contribution in [2.45, 2.75) is 5.41 Å². The number of para-hydroxylation sites is 1. The fourth-order valence-electron chi connectivity index (χ4n) is 9.62. The Balaban J connectivity index is 1.00. The van der Waals surface area contributed by atoms with Gasteiger partial charge in [0.05, 0.1) is 16.8 Å². The molecule has 8 aromatic carbocycles. The van der Waals surface area contributed by atoms with Crippen molar-refractivity contribution in [1.29, 1.82) is 0 Å². The summed E-state index contributed by atoms with van der Waals surface area (Å²) in [6.07, 6.45) is 0. The van der Waals surface area contributed by atoms with E-state index in [2.05, 4.69) is 194 Å². The maximum Gasteiger partial charge on any atom is 0.160 e. The Morgan fingerprint density at radius 2 is 0.845 bits per heavy atom. The zero-order valence-corrected chi connectivity index (χ0v) is 31.4. The maximum atomic E-state index is 6.93. The highest BCUT2D eigenvalue weighted by molar-refractivity contribution is 6.05. The van der Waals surface area contributed by atoms with E-state index in [1.54, 1.807) is 0 Å². The molecular formula is C55H34N2O. The molecule has 2 aliphatic rings. The Morgan fingerprint density at radius 1 is 0.362 bits per heavy atom. The van der Waals surface area contributed by atoms with E-state index in [4.69, 9.17) is 14.4 Å². The van der Waals surface area contributed by atoms with Crippen LogP contribution in [0.25, 0.3) is 89.6 Å². The van der Waals surface area contributed by atoms with Crippen LogP contribution in [0, 0.1) is 0 Å². The molecule has 2 heterocycles. The molecule has 12 rings (SSSR count). The summed E-state index contributed by atoms with van der Waals surface area (Å²) in [5.41, 5.74) is 18.7. The molecule has 58 heavy (non-hydrogen) atoms. The quantitative estimate of drug-likeness (QED) is 0.176. The van der Waals surface area contributed by atoms with E-state index in [1.807, 2.05) is 12.1 Å². The van der Waals surface area contributed by atoms with Gasteiger partial charge >= 0.3 is 0 Å². The summed E-state index contributed by atoms with van der Waals surface area (Å²) in [6, 6.07) is 73.4. The van der Waals surface area contributed by atoms with E-state index in [0.29, 0.717) is 5.82 Å². The summed E-state index contributed by atoms with van der Waals surface area (Å²) in [4.78, 5) is 10.3. The van der Waals surface area contributed by atoms with Crippen LogP contribution in [0.1, 0.15) is 22.3 Å². The van der Waals surface area contributed by atoms with E-state index in [0.717, 1.165) is 67.1 Å². The molecule has 0 saturated heterocycles. The number of rotatable bonds is 5. The van der Waals surface area contributed by atoms with Crippen LogP contribution in [0.4, 0.5) is 0 Å². The average Bonchev–Trinajstić information content (AvgIpc) is 3.93. The first kappa shape index (κ1) is 32.6. The number of nitrogens with zero attached hydrogens (tertiary/aromatic N) is 2. The highest BCUT2D eigenvalue weighted by Crippen LogP contribution is 2.66. The zero-order valence-electron chi connectivity index (χ0n) is 31.4. The van der Waals surface area contributed by atoms with Gasteiger partial charge < -0.3 is 4.42 Å². The fourth-order valence-corrected chi connectivity index (χ4v) is 9.62. The number of aromatic nitrogens is 2. The van der Waals surface area contributed by atoms with E-state index in [-0.39, 0.29) is 0 Å². The van der Waals surface area contributed by atoms with Gasteiger partial charge in [0.15, 0.2) is 5.82 Å². The SMILES string of the molecule is c1ccc(-c2ccc(-c3nc(-c4ccccc4)cc(-c4ccc(-c5cccc6c5-c5oc7ccccc7c5C65c6ccccc6-c6ccccc65)cc4)n3)cc2)cc1. The smallest absolute Gasteiger partial charge is 0.160 e. The van der Waals surface area contributed by atoms with Gasteiger partial charge in [-0.1, -0.05) is 194 Å². The Hall–Kier alpha value is -7.62. The largest absolute Gasteiger partial charge is 0.456 e. The lowest BCUT2D eigenvalue weighted by atomic mass is 9.70. The van der Waals surface area contributed by atoms with Gasteiger partial charge in [0.2, 0.25) is 0 Å². The van der Waals surface area contributed by atoms with Crippen molar-refractivity contribution in [2.75, 3.05) is 0 Å². The molecule has 3 nitrogen and oxygen atoms in total. The first-order valence-corrected chi connectivity index (χ1v) is 19.8. The van der Waals surface area contributed by atoms with Crippen LogP contribution in [0.3, 0.4) is 0 Å². The van der Waals surface area contributed by atoms with Gasteiger partial charge in [0.25, 0.3) is 0 Å². The van der Waals surface area contributed by atoms with Crippen molar-refractivity contribution in [3.63, 3.8) is 0 Å². The fraction of sp³-hybridized carbons (Fsp3) is 0.0182. The third-order valence-corrected chi connectivity index (χ3v) is 12.2. The van der Waals surface area contributed by atoms with Crippen LogP contribution < -0.4 is 0 Å². The Kier molecular flexibility index (Phi) is 7.14. The molecule has 0 fully saturated rings. The van der Waals surface area contributed by atoms with Gasteiger partial charge in [0.1, 0.15) is 11.3 Å². The molecule has 0 radical (unpaired) electrons. The second-order valence-electron chi connectivity index (χ2n) is 15.2. The minimum atomic E-state index is -0.495. The summed E-state index contributed by atoms with van der Waals surface area (Å²) in [5, 5.41) is 1.16. The molecule has 0 N–H and O–H groups in total. The third-order valence-electron chi connectivity index (χ3n) is 12.2. The molecule has 2 aromatic heterocycles. The van der Waals surface area contributed by atoms with Gasteiger partial charge in [-0.15, -0.1) is 0 Å². The van der Waals surface area contributed by atoms with Crippen LogP contribution in [-0.4, -0.2) is 9.97 Å². The molecule has 3 heteroatoms. The molecule has 0 bridgehead atoms. The second kappa shape index (κ2) is 12.7. The predicted octanol–water partition coefficient (Wildman–Crippen LogP) is 13.9. The molecule has 10 aromatic rings. The average molecular weight is 739 g/mol. The van der Waals surface area contributed by atoms with Crippen LogP contribution in [0.2, 0.25) is 0 Å². The monoisotopic (exact) mass is 738 g/mol. The zero-order chi connectivity index (χ0) is 38.2. The highest BCUT2D eigenvalue weighted by Gasteiger charge is 2.54. The van der Waals surface area contributed by atoms with Crippen molar-refractivity contribution >= 4 is 11.0 Å². The number of furan rings is 1. The van der Waals surface area contributed by atoms with Crippen LogP contribution in [0.5, 0.6) is 0 Å². The second-order valence-corrected chi connectivity index (χ2v) is 15.2. The van der Waals surface area contributed by atoms with Gasteiger partial charge in [-0.05, 0) is 62.2 Å². The molecule has 270 valence electrons. The highest BCUT2D eigenvalue weighted by atomic mass is 16.3. The first-order valence-electron chi connectivity index (χ1n) is 19.8. The molecule has 0 unspecified atom stereocenters. The molecular weight excluding hydrogens is 705 g/mol. The number of benzene rings is 8. The topological polar surface area (TPSA) is 38.9 Å². The normalized spacial score (nSPS) is 13.0. The van der Waals surface area contributed by atoms with Gasteiger partial charge in [-0.3, -0.25) is 0 Å². The molecule has 1 spiro atoms. The molecule has 0 aliphatic heterocycles. The van der Waals surface area contributed by atoms with Crippen molar-refractivity contribution in [3.8, 4) is 78.6 Å². The van der Waals surface area contributed by atoms with Crippen molar-refractivity contribution in [3.05, 3.63) is 229 Å². The summed E-state index contributed by atoms with van der Waals surface area (Å²) < 4.78 is 6.93. The minimum absolute atomic E-state index is 0.495. The maximum absolute atomic E-state index is 6.93. The summed E-state index contributed by atoms with van der Waals surface area (Å²) >= 11 is 0. The Bertz CT molecular complexity index is 3150. The van der Waals surface area contributed by atoms with E-state index < -0.39 is 5.41 Å². The van der Waals surface area contributed by atoms with Crippen molar-refractivity contribution < 1.29 is 4.42 Å². The number of hydrogen-bond donors (Lipinski definition) is 0. The van der Waals surface area contributed by atoms with Gasteiger partial charge in [-0.25, -0.2) is 9.97 Å². The van der Waals surface area contributed by atoms with E-state index in [1.165, 1.54) is 38.9 Å². The summed E-state index contributed by atoms with van der Waals surface area (Å²) in [6.45, 7) is 0. The van der Waals surface area contributed by atoms with Gasteiger partial charge in [-0.2, -0.15) is 0 Å². The van der Waals surface area contributed by atoms with Gasteiger partial charge in [0, 0.05) is 33.2 Å². The van der Waals surface area contributed by atoms with Crippen molar-refractivity contribution in [2.24, 2.45) is 0 Å².